The second kappa shape index (κ2) is 4.88. The summed E-state index contributed by atoms with van der Waals surface area (Å²) in [5.74, 6) is -0.585. The van der Waals surface area contributed by atoms with Crippen LogP contribution in [0, 0.1) is 11.6 Å². The second-order valence-electron chi connectivity index (χ2n) is 3.27. The molecular formula is C10H10F2N4O. The van der Waals surface area contributed by atoms with Gasteiger partial charge in [0.15, 0.2) is 23.2 Å². The minimum absolute atomic E-state index is 0.00948. The molecule has 0 aliphatic carbocycles. The van der Waals surface area contributed by atoms with Crippen molar-refractivity contribution in [1.29, 1.82) is 0 Å². The zero-order valence-electron chi connectivity index (χ0n) is 8.78. The molecule has 7 heteroatoms. The first-order valence-electron chi connectivity index (χ1n) is 4.87. The van der Waals surface area contributed by atoms with Gasteiger partial charge in [-0.1, -0.05) is 0 Å². The summed E-state index contributed by atoms with van der Waals surface area (Å²) in [5.41, 5.74) is 5.32. The minimum Gasteiger partial charge on any atom is -0.483 e. The lowest BCUT2D eigenvalue weighted by Gasteiger charge is -2.04. The van der Waals surface area contributed by atoms with Gasteiger partial charge in [0.25, 0.3) is 0 Å². The smallest absolute Gasteiger partial charge is 0.167 e. The lowest BCUT2D eigenvalue weighted by atomic mass is 10.3. The van der Waals surface area contributed by atoms with Gasteiger partial charge in [0.2, 0.25) is 0 Å². The third-order valence-corrected chi connectivity index (χ3v) is 2.02. The van der Waals surface area contributed by atoms with E-state index in [4.69, 9.17) is 10.5 Å². The van der Waals surface area contributed by atoms with Gasteiger partial charge in [-0.15, -0.1) is 0 Å². The van der Waals surface area contributed by atoms with E-state index in [9.17, 15) is 8.78 Å². The van der Waals surface area contributed by atoms with Crippen LogP contribution >= 0.6 is 0 Å². The molecule has 0 fully saturated rings. The monoisotopic (exact) mass is 240 g/mol. The Hall–Kier alpha value is -2.02. The summed E-state index contributed by atoms with van der Waals surface area (Å²) in [7, 11) is 0. The Morgan fingerprint density at radius 2 is 2.18 bits per heavy atom. The van der Waals surface area contributed by atoms with Crippen molar-refractivity contribution in [2.45, 2.75) is 13.2 Å². The van der Waals surface area contributed by atoms with Gasteiger partial charge in [-0.3, -0.25) is 5.10 Å². The molecule has 0 unspecified atom stereocenters. The van der Waals surface area contributed by atoms with Crippen molar-refractivity contribution in [3.05, 3.63) is 41.5 Å². The average Bonchev–Trinajstić information content (AvgIpc) is 2.76. The number of rotatable bonds is 4. The van der Waals surface area contributed by atoms with Gasteiger partial charge < -0.3 is 10.5 Å². The van der Waals surface area contributed by atoms with Crippen LogP contribution in [0.15, 0.2) is 18.2 Å². The van der Waals surface area contributed by atoms with Crippen LogP contribution in [0.25, 0.3) is 0 Å². The fourth-order valence-electron chi connectivity index (χ4n) is 1.23. The molecule has 0 bridgehead atoms. The molecule has 0 radical (unpaired) electrons. The molecule has 0 spiro atoms. The molecule has 1 aromatic heterocycles. The molecule has 90 valence electrons. The van der Waals surface area contributed by atoms with E-state index in [1.807, 2.05) is 0 Å². The van der Waals surface area contributed by atoms with Crippen LogP contribution in [-0.4, -0.2) is 15.2 Å². The second-order valence-corrected chi connectivity index (χ2v) is 3.27. The molecule has 0 aliphatic heterocycles. The maximum absolute atomic E-state index is 13.2. The Morgan fingerprint density at radius 3 is 2.82 bits per heavy atom. The van der Waals surface area contributed by atoms with Crippen molar-refractivity contribution in [1.82, 2.24) is 15.2 Å². The van der Waals surface area contributed by atoms with Gasteiger partial charge in [-0.25, -0.2) is 13.8 Å². The van der Waals surface area contributed by atoms with Crippen LogP contribution in [0.4, 0.5) is 8.78 Å². The molecule has 2 aromatic rings. The summed E-state index contributed by atoms with van der Waals surface area (Å²) >= 11 is 0. The van der Waals surface area contributed by atoms with E-state index in [0.29, 0.717) is 11.6 Å². The number of nitrogens with two attached hydrogens (primary N) is 1. The number of nitrogens with one attached hydrogen (secondary N) is 1. The minimum atomic E-state index is -0.761. The molecule has 2 rings (SSSR count). The summed E-state index contributed by atoms with van der Waals surface area (Å²) in [5, 5.41) is 6.38. The first-order valence-corrected chi connectivity index (χ1v) is 4.87. The third kappa shape index (κ3) is 2.76. The van der Waals surface area contributed by atoms with Gasteiger partial charge >= 0.3 is 0 Å². The summed E-state index contributed by atoms with van der Waals surface area (Å²) in [6.07, 6.45) is 0. The molecule has 0 amide bonds. The molecule has 1 heterocycles. The summed E-state index contributed by atoms with van der Waals surface area (Å²) in [4.78, 5) is 3.98. The van der Waals surface area contributed by atoms with Crippen molar-refractivity contribution >= 4 is 0 Å². The van der Waals surface area contributed by atoms with Crippen LogP contribution in [-0.2, 0) is 13.2 Å². The normalized spacial score (nSPS) is 10.5. The van der Waals surface area contributed by atoms with Gasteiger partial charge in [-0.2, -0.15) is 5.10 Å². The lowest BCUT2D eigenvalue weighted by molar-refractivity contribution is 0.280. The molecule has 0 atom stereocenters. The molecule has 5 nitrogen and oxygen atoms in total. The molecule has 0 saturated heterocycles. The molecule has 0 saturated carbocycles. The van der Waals surface area contributed by atoms with E-state index in [1.54, 1.807) is 0 Å². The topological polar surface area (TPSA) is 76.8 Å². The number of hydrogen-bond acceptors (Lipinski definition) is 4. The highest BCUT2D eigenvalue weighted by Gasteiger charge is 2.07. The number of ether oxygens (including phenoxy) is 1. The standard InChI is InChI=1S/C10H10F2N4O/c11-6-1-2-8(7(12)3-6)17-5-10-14-9(4-13)15-16-10/h1-3H,4-5,13H2,(H,14,15,16). The van der Waals surface area contributed by atoms with E-state index in [-0.39, 0.29) is 18.9 Å². The van der Waals surface area contributed by atoms with E-state index in [1.165, 1.54) is 6.07 Å². The highest BCUT2D eigenvalue weighted by atomic mass is 19.1. The number of hydrogen-bond donors (Lipinski definition) is 2. The van der Waals surface area contributed by atoms with Crippen molar-refractivity contribution in [2.24, 2.45) is 5.73 Å². The Bertz CT molecular complexity index is 515. The quantitative estimate of drug-likeness (QED) is 0.839. The number of nitrogens with zero attached hydrogens (tertiary/aromatic N) is 2. The Kier molecular flexibility index (Phi) is 3.29. The number of H-pyrrole nitrogens is 1. The zero-order valence-corrected chi connectivity index (χ0v) is 8.78. The summed E-state index contributed by atoms with van der Waals surface area (Å²) in [6.45, 7) is 0.219. The van der Waals surface area contributed by atoms with E-state index >= 15 is 0 Å². The average molecular weight is 240 g/mol. The summed E-state index contributed by atoms with van der Waals surface area (Å²) < 4.78 is 30.9. The van der Waals surface area contributed by atoms with Crippen LogP contribution < -0.4 is 10.5 Å². The fraction of sp³-hybridized carbons (Fsp3) is 0.200. The van der Waals surface area contributed by atoms with E-state index < -0.39 is 11.6 Å². The number of aromatic amines is 1. The predicted octanol–water partition coefficient (Wildman–Crippen LogP) is 1.12. The highest BCUT2D eigenvalue weighted by molar-refractivity contribution is 5.24. The third-order valence-electron chi connectivity index (χ3n) is 2.02. The Morgan fingerprint density at radius 1 is 1.35 bits per heavy atom. The molecule has 3 N–H and O–H groups in total. The van der Waals surface area contributed by atoms with Crippen molar-refractivity contribution < 1.29 is 13.5 Å². The fourth-order valence-corrected chi connectivity index (χ4v) is 1.23. The van der Waals surface area contributed by atoms with Crippen molar-refractivity contribution in [3.63, 3.8) is 0 Å². The van der Waals surface area contributed by atoms with E-state index in [0.717, 1.165) is 12.1 Å². The maximum atomic E-state index is 13.2. The zero-order chi connectivity index (χ0) is 12.3. The van der Waals surface area contributed by atoms with E-state index in [2.05, 4.69) is 15.2 Å². The summed E-state index contributed by atoms with van der Waals surface area (Å²) in [6, 6.07) is 3.08. The Balaban J connectivity index is 2.02. The van der Waals surface area contributed by atoms with Crippen LogP contribution in [0.3, 0.4) is 0 Å². The van der Waals surface area contributed by atoms with Gasteiger partial charge in [-0.05, 0) is 12.1 Å². The van der Waals surface area contributed by atoms with Crippen LogP contribution in [0.1, 0.15) is 11.6 Å². The molecule has 17 heavy (non-hydrogen) atoms. The number of benzene rings is 1. The Labute approximate surface area is 95.6 Å². The lowest BCUT2D eigenvalue weighted by Crippen LogP contribution is -2.01. The van der Waals surface area contributed by atoms with Crippen LogP contribution in [0.5, 0.6) is 5.75 Å². The van der Waals surface area contributed by atoms with Crippen LogP contribution in [0.2, 0.25) is 0 Å². The molecular weight excluding hydrogens is 230 g/mol. The largest absolute Gasteiger partial charge is 0.483 e. The maximum Gasteiger partial charge on any atom is 0.167 e. The predicted molar refractivity (Wildman–Crippen MR) is 55.0 cm³/mol. The van der Waals surface area contributed by atoms with Gasteiger partial charge in [0, 0.05) is 6.07 Å². The van der Waals surface area contributed by atoms with Crippen molar-refractivity contribution in [3.8, 4) is 5.75 Å². The van der Waals surface area contributed by atoms with Gasteiger partial charge in [0.05, 0.1) is 6.54 Å². The number of aromatic nitrogens is 3. The van der Waals surface area contributed by atoms with Gasteiger partial charge in [0.1, 0.15) is 12.4 Å². The molecule has 1 aromatic carbocycles. The first kappa shape index (κ1) is 11.5. The number of halogens is 2. The SMILES string of the molecule is NCc1n[nH]c(COc2ccc(F)cc2F)n1. The first-order chi connectivity index (χ1) is 8.19. The van der Waals surface area contributed by atoms with Crippen molar-refractivity contribution in [2.75, 3.05) is 0 Å². The molecule has 0 aliphatic rings. The highest BCUT2D eigenvalue weighted by Crippen LogP contribution is 2.18.